The molecule has 0 saturated carbocycles. The predicted molar refractivity (Wildman–Crippen MR) is 255 cm³/mol. The van der Waals surface area contributed by atoms with Gasteiger partial charge in [-0.1, -0.05) is 163 Å². The number of carbonyl (C=O) groups excluding carboxylic acids is 2. The Bertz CT molecular complexity index is 921. The van der Waals surface area contributed by atoms with E-state index >= 15 is 0 Å². The van der Waals surface area contributed by atoms with Crippen LogP contribution in [0.3, 0.4) is 0 Å². The standard InChI is InChI=1S/C48H96N2O7S2/c1-6-11-15-19-21-24-28-43(27-23-17-13-8-3)39-57-47(54)42-59-41-46(53)38-50(32-31-49(10-5)33-34-51)37-45(52)40-58-36-35-56-48(55)44(29-25-18-14-9-4)30-26-22-20-16-12-7-2/h43-46,51-53H,6-42H2,1-5H3. The van der Waals surface area contributed by atoms with Crippen molar-refractivity contribution in [3.05, 3.63) is 0 Å². The molecule has 0 rings (SSSR count). The number of aliphatic hydroxyl groups excluding tert-OH is 3. The first-order chi connectivity index (χ1) is 28.7. The average molecular weight is 877 g/mol. The molecule has 0 aromatic rings. The van der Waals surface area contributed by atoms with Crippen LogP contribution in [0.5, 0.6) is 0 Å². The van der Waals surface area contributed by atoms with Gasteiger partial charge >= 0.3 is 11.9 Å². The first-order valence-corrected chi connectivity index (χ1v) is 26.9. The van der Waals surface area contributed by atoms with Gasteiger partial charge in [0.15, 0.2) is 0 Å². The minimum atomic E-state index is -0.662. The van der Waals surface area contributed by atoms with Crippen molar-refractivity contribution < 1.29 is 34.4 Å². The molecule has 352 valence electrons. The number of carbonyl (C=O) groups is 2. The predicted octanol–water partition coefficient (Wildman–Crippen LogP) is 10.6. The lowest BCUT2D eigenvalue weighted by Gasteiger charge is -2.29. The molecular formula is C48H96N2O7S2. The number of unbranched alkanes of at least 4 members (excludes halogenated alkanes) is 16. The Hall–Kier alpha value is -0.560. The highest BCUT2D eigenvalue weighted by molar-refractivity contribution is 8.00. The SMILES string of the molecule is CCCCCCCCC(CCCCCC)COC(=O)CSCC(O)CN(CCN(CC)CCO)CC(O)CSCCOC(=O)C(CCCCCC)CCCCCCCC. The molecule has 0 saturated heterocycles. The molecule has 4 unspecified atom stereocenters. The fourth-order valence-electron chi connectivity index (χ4n) is 7.63. The van der Waals surface area contributed by atoms with Crippen LogP contribution >= 0.6 is 23.5 Å². The third-order valence-electron chi connectivity index (χ3n) is 11.4. The molecule has 3 N–H and O–H groups in total. The van der Waals surface area contributed by atoms with Crippen molar-refractivity contribution in [2.45, 2.75) is 201 Å². The largest absolute Gasteiger partial charge is 0.465 e. The quantitative estimate of drug-likeness (QED) is 0.0401. The van der Waals surface area contributed by atoms with Crippen molar-refractivity contribution in [3.8, 4) is 0 Å². The van der Waals surface area contributed by atoms with Gasteiger partial charge in [0, 0.05) is 50.0 Å². The zero-order valence-electron chi connectivity index (χ0n) is 39.2. The Balaban J connectivity index is 4.87. The highest BCUT2D eigenvalue weighted by Gasteiger charge is 2.21. The minimum Gasteiger partial charge on any atom is -0.465 e. The van der Waals surface area contributed by atoms with E-state index in [1.165, 1.54) is 127 Å². The van der Waals surface area contributed by atoms with E-state index in [0.717, 1.165) is 51.6 Å². The van der Waals surface area contributed by atoms with E-state index in [-0.39, 0.29) is 30.2 Å². The lowest BCUT2D eigenvalue weighted by molar-refractivity contribution is -0.148. The number of hydrogen-bond acceptors (Lipinski definition) is 11. The third kappa shape index (κ3) is 37.7. The van der Waals surface area contributed by atoms with Gasteiger partial charge in [-0.2, -0.15) is 11.8 Å². The smallest absolute Gasteiger partial charge is 0.315 e. The van der Waals surface area contributed by atoms with Gasteiger partial charge in [-0.25, -0.2) is 0 Å². The average Bonchev–Trinajstić information content (AvgIpc) is 3.22. The molecule has 0 aliphatic carbocycles. The van der Waals surface area contributed by atoms with Crippen molar-refractivity contribution in [2.24, 2.45) is 11.8 Å². The van der Waals surface area contributed by atoms with E-state index in [4.69, 9.17) is 9.47 Å². The summed E-state index contributed by atoms with van der Waals surface area (Å²) in [4.78, 5) is 30.0. The van der Waals surface area contributed by atoms with Gasteiger partial charge in [0.25, 0.3) is 0 Å². The molecule has 0 heterocycles. The summed E-state index contributed by atoms with van der Waals surface area (Å²) in [5.41, 5.74) is 0. The summed E-state index contributed by atoms with van der Waals surface area (Å²) >= 11 is 3.00. The number of nitrogens with zero attached hydrogens (tertiary/aromatic N) is 2. The topological polar surface area (TPSA) is 120 Å². The van der Waals surface area contributed by atoms with E-state index in [9.17, 15) is 24.9 Å². The van der Waals surface area contributed by atoms with Gasteiger partial charge in [0.1, 0.15) is 6.61 Å². The molecule has 0 aromatic carbocycles. The fraction of sp³-hybridized carbons (Fsp3) is 0.958. The summed E-state index contributed by atoms with van der Waals surface area (Å²) in [6.07, 6.45) is 27.3. The van der Waals surface area contributed by atoms with Crippen LogP contribution in [0.2, 0.25) is 0 Å². The number of hydrogen-bond donors (Lipinski definition) is 3. The highest BCUT2D eigenvalue weighted by atomic mass is 32.2. The Kier molecular flexibility index (Phi) is 43.6. The van der Waals surface area contributed by atoms with Gasteiger partial charge in [0.05, 0.1) is 37.1 Å². The van der Waals surface area contributed by atoms with Crippen LogP contribution < -0.4 is 0 Å². The molecule has 59 heavy (non-hydrogen) atoms. The summed E-state index contributed by atoms with van der Waals surface area (Å²) in [6, 6.07) is 0. The number of thioether (sulfide) groups is 2. The van der Waals surface area contributed by atoms with Crippen LogP contribution in [0.15, 0.2) is 0 Å². The maximum absolute atomic E-state index is 13.1. The monoisotopic (exact) mass is 877 g/mol. The van der Waals surface area contributed by atoms with Gasteiger partial charge in [-0.15, -0.1) is 11.8 Å². The Labute approximate surface area is 373 Å². The number of esters is 2. The maximum Gasteiger partial charge on any atom is 0.315 e. The fourth-order valence-corrected chi connectivity index (χ4v) is 9.12. The second-order valence-corrected chi connectivity index (χ2v) is 19.2. The van der Waals surface area contributed by atoms with Crippen molar-refractivity contribution >= 4 is 35.5 Å². The Morgan fingerprint density at radius 1 is 0.559 bits per heavy atom. The zero-order valence-corrected chi connectivity index (χ0v) is 40.8. The van der Waals surface area contributed by atoms with Crippen LogP contribution in [-0.4, -0.2) is 131 Å². The lowest BCUT2D eigenvalue weighted by atomic mass is 9.94. The van der Waals surface area contributed by atoms with Crippen LogP contribution in [0.1, 0.15) is 189 Å². The van der Waals surface area contributed by atoms with Gasteiger partial charge in [-0.3, -0.25) is 14.5 Å². The molecule has 0 amide bonds. The van der Waals surface area contributed by atoms with Gasteiger partial charge in [0.2, 0.25) is 0 Å². The molecule has 0 aliphatic rings. The molecule has 0 bridgehead atoms. The molecule has 9 nitrogen and oxygen atoms in total. The molecule has 11 heteroatoms. The number of ether oxygens (including phenoxy) is 2. The molecule has 0 aromatic heterocycles. The number of rotatable bonds is 46. The van der Waals surface area contributed by atoms with E-state index in [0.29, 0.717) is 62.6 Å². The summed E-state index contributed by atoms with van der Waals surface area (Å²) in [5, 5.41) is 31.6. The summed E-state index contributed by atoms with van der Waals surface area (Å²) in [5.74, 6) is 1.93. The highest BCUT2D eigenvalue weighted by Crippen LogP contribution is 2.22. The van der Waals surface area contributed by atoms with Crippen LogP contribution in [0, 0.1) is 11.8 Å². The normalized spacial score (nSPS) is 13.9. The van der Waals surface area contributed by atoms with Crippen LogP contribution in [0.25, 0.3) is 0 Å². The first-order valence-electron chi connectivity index (χ1n) is 24.6. The first kappa shape index (κ1) is 58.4. The van der Waals surface area contributed by atoms with Crippen molar-refractivity contribution in [1.82, 2.24) is 9.80 Å². The zero-order chi connectivity index (χ0) is 43.6. The van der Waals surface area contributed by atoms with Crippen LogP contribution in [0.4, 0.5) is 0 Å². The molecule has 0 spiro atoms. The second-order valence-electron chi connectivity index (χ2n) is 17.0. The van der Waals surface area contributed by atoms with Gasteiger partial charge in [-0.05, 0) is 38.1 Å². The molecular weight excluding hydrogens is 781 g/mol. The Morgan fingerprint density at radius 3 is 1.53 bits per heavy atom. The van der Waals surface area contributed by atoms with Crippen molar-refractivity contribution in [2.75, 3.05) is 82.1 Å². The number of aliphatic hydroxyl groups is 3. The van der Waals surface area contributed by atoms with E-state index in [1.807, 2.05) is 0 Å². The summed E-state index contributed by atoms with van der Waals surface area (Å²) in [6.45, 7) is 15.5. The minimum absolute atomic E-state index is 0.0110. The van der Waals surface area contributed by atoms with Crippen molar-refractivity contribution in [1.29, 1.82) is 0 Å². The lowest BCUT2D eigenvalue weighted by Crippen LogP contribution is -2.44. The second kappa shape index (κ2) is 44.1. The maximum atomic E-state index is 13.1. The van der Waals surface area contributed by atoms with E-state index < -0.39 is 12.2 Å². The van der Waals surface area contributed by atoms with E-state index in [1.54, 1.807) is 11.8 Å². The van der Waals surface area contributed by atoms with Crippen molar-refractivity contribution in [3.63, 3.8) is 0 Å². The molecule has 0 radical (unpaired) electrons. The molecule has 0 aliphatic heterocycles. The van der Waals surface area contributed by atoms with Gasteiger partial charge < -0.3 is 29.7 Å². The summed E-state index contributed by atoms with van der Waals surface area (Å²) in [7, 11) is 0. The summed E-state index contributed by atoms with van der Waals surface area (Å²) < 4.78 is 11.5. The third-order valence-corrected chi connectivity index (χ3v) is 13.5. The molecule has 0 fully saturated rings. The van der Waals surface area contributed by atoms with Crippen LogP contribution in [-0.2, 0) is 19.1 Å². The van der Waals surface area contributed by atoms with E-state index in [2.05, 4.69) is 44.4 Å². The Morgan fingerprint density at radius 2 is 1.02 bits per heavy atom. The number of likely N-dealkylation sites (N-methyl/N-ethyl adjacent to an activating group) is 1. The molecule has 4 atom stereocenters.